The van der Waals surface area contributed by atoms with Crippen molar-refractivity contribution in [3.63, 3.8) is 0 Å². The Morgan fingerprint density at radius 3 is 2.86 bits per heavy atom. The number of hydrogen-bond donors (Lipinski definition) is 1. The average Bonchev–Trinajstić information content (AvgIpc) is 3.35. The minimum absolute atomic E-state index is 0.0454. The SMILES string of the molecule is FC(F)Oc1ccsc1CNCCC1(c2ccccn2)CCOC2(CC=CC2)C1. The molecule has 0 amide bonds. The molecule has 4 rings (SSSR count). The molecule has 1 spiro atoms. The predicted molar refractivity (Wildman–Crippen MR) is 109 cm³/mol. The molecule has 0 radical (unpaired) electrons. The molecule has 2 aromatic rings. The molecule has 3 heterocycles. The zero-order chi connectivity index (χ0) is 20.2. The Morgan fingerprint density at radius 2 is 2.10 bits per heavy atom. The van der Waals surface area contributed by atoms with E-state index < -0.39 is 6.61 Å². The van der Waals surface area contributed by atoms with Gasteiger partial charge in [0, 0.05) is 30.5 Å². The third-order valence-electron chi connectivity index (χ3n) is 5.99. The highest BCUT2D eigenvalue weighted by Gasteiger charge is 2.47. The molecule has 156 valence electrons. The summed E-state index contributed by atoms with van der Waals surface area (Å²) in [7, 11) is 0. The summed E-state index contributed by atoms with van der Waals surface area (Å²) in [5.74, 6) is 0.263. The highest BCUT2D eigenvalue weighted by atomic mass is 32.1. The van der Waals surface area contributed by atoms with E-state index in [1.165, 1.54) is 11.3 Å². The smallest absolute Gasteiger partial charge is 0.387 e. The fourth-order valence-electron chi connectivity index (χ4n) is 4.59. The number of alkyl halides is 2. The highest BCUT2D eigenvalue weighted by molar-refractivity contribution is 7.10. The van der Waals surface area contributed by atoms with E-state index in [1.807, 2.05) is 18.3 Å². The zero-order valence-corrected chi connectivity index (χ0v) is 17.1. The summed E-state index contributed by atoms with van der Waals surface area (Å²) in [5, 5.41) is 5.20. The van der Waals surface area contributed by atoms with Gasteiger partial charge in [0.05, 0.1) is 10.5 Å². The van der Waals surface area contributed by atoms with Gasteiger partial charge in [0.1, 0.15) is 5.75 Å². The Bertz CT molecular complexity index is 819. The monoisotopic (exact) mass is 420 g/mol. The molecule has 7 heteroatoms. The molecule has 1 unspecified atom stereocenters. The second-order valence-electron chi connectivity index (χ2n) is 7.85. The lowest BCUT2D eigenvalue weighted by Gasteiger charge is -2.46. The lowest BCUT2D eigenvalue weighted by Crippen LogP contribution is -2.47. The minimum Gasteiger partial charge on any atom is -0.434 e. The van der Waals surface area contributed by atoms with E-state index in [0.717, 1.165) is 55.8 Å². The number of aromatic nitrogens is 1. The maximum atomic E-state index is 12.5. The summed E-state index contributed by atoms with van der Waals surface area (Å²) in [6.45, 7) is -0.780. The molecule has 1 atom stereocenters. The Kier molecular flexibility index (Phi) is 6.27. The van der Waals surface area contributed by atoms with Crippen LogP contribution in [0.1, 0.15) is 42.7 Å². The molecule has 0 saturated carbocycles. The van der Waals surface area contributed by atoms with Crippen LogP contribution >= 0.6 is 11.3 Å². The number of nitrogens with zero attached hydrogens (tertiary/aromatic N) is 1. The van der Waals surface area contributed by atoms with E-state index in [-0.39, 0.29) is 16.8 Å². The van der Waals surface area contributed by atoms with Crippen molar-refractivity contribution in [3.05, 3.63) is 58.6 Å². The van der Waals surface area contributed by atoms with Gasteiger partial charge in [-0.2, -0.15) is 8.78 Å². The number of hydrogen-bond acceptors (Lipinski definition) is 5. The van der Waals surface area contributed by atoms with Gasteiger partial charge in [-0.3, -0.25) is 4.98 Å². The van der Waals surface area contributed by atoms with Crippen molar-refractivity contribution in [2.45, 2.75) is 56.3 Å². The maximum absolute atomic E-state index is 12.5. The first-order chi connectivity index (χ1) is 14.1. The van der Waals surface area contributed by atoms with Gasteiger partial charge in [0.25, 0.3) is 0 Å². The Labute approximate surface area is 173 Å². The van der Waals surface area contributed by atoms with Gasteiger partial charge >= 0.3 is 6.61 Å². The third-order valence-corrected chi connectivity index (χ3v) is 6.89. The average molecular weight is 421 g/mol. The van der Waals surface area contributed by atoms with Gasteiger partial charge in [-0.1, -0.05) is 18.2 Å². The van der Waals surface area contributed by atoms with Gasteiger partial charge in [0.2, 0.25) is 0 Å². The van der Waals surface area contributed by atoms with E-state index in [9.17, 15) is 8.78 Å². The quantitative estimate of drug-likeness (QED) is 0.479. The van der Waals surface area contributed by atoms with Crippen LogP contribution < -0.4 is 10.1 Å². The molecular weight excluding hydrogens is 394 g/mol. The van der Waals surface area contributed by atoms with Crippen molar-refractivity contribution in [1.82, 2.24) is 10.3 Å². The Hall–Kier alpha value is -1.83. The van der Waals surface area contributed by atoms with E-state index in [1.54, 1.807) is 11.4 Å². The fourth-order valence-corrected chi connectivity index (χ4v) is 5.36. The van der Waals surface area contributed by atoms with Crippen molar-refractivity contribution >= 4 is 11.3 Å². The summed E-state index contributed by atoms with van der Waals surface area (Å²) in [6.07, 6.45) is 11.0. The molecule has 0 aromatic carbocycles. The maximum Gasteiger partial charge on any atom is 0.387 e. The van der Waals surface area contributed by atoms with Crippen LogP contribution in [0.5, 0.6) is 5.75 Å². The molecule has 1 N–H and O–H groups in total. The van der Waals surface area contributed by atoms with Gasteiger partial charge in [0.15, 0.2) is 0 Å². The fraction of sp³-hybridized carbons (Fsp3) is 0.500. The van der Waals surface area contributed by atoms with Crippen molar-refractivity contribution in [2.24, 2.45) is 0 Å². The lowest BCUT2D eigenvalue weighted by atomic mass is 9.67. The zero-order valence-electron chi connectivity index (χ0n) is 16.3. The second-order valence-corrected chi connectivity index (χ2v) is 8.85. The van der Waals surface area contributed by atoms with Crippen molar-refractivity contribution in [1.29, 1.82) is 0 Å². The molecule has 1 saturated heterocycles. The Morgan fingerprint density at radius 1 is 1.24 bits per heavy atom. The van der Waals surface area contributed by atoms with Crippen LogP contribution in [0.2, 0.25) is 0 Å². The molecule has 1 fully saturated rings. The summed E-state index contributed by atoms with van der Waals surface area (Å²) in [4.78, 5) is 5.49. The first-order valence-corrected chi connectivity index (χ1v) is 10.9. The molecule has 0 bridgehead atoms. The van der Waals surface area contributed by atoms with E-state index in [4.69, 9.17) is 9.72 Å². The van der Waals surface area contributed by atoms with Crippen LogP contribution in [0, 0.1) is 0 Å². The topological polar surface area (TPSA) is 43.4 Å². The molecule has 29 heavy (non-hydrogen) atoms. The van der Waals surface area contributed by atoms with Gasteiger partial charge < -0.3 is 14.8 Å². The number of halogens is 2. The molecule has 2 aliphatic rings. The van der Waals surface area contributed by atoms with Gasteiger partial charge in [-0.15, -0.1) is 11.3 Å². The summed E-state index contributed by atoms with van der Waals surface area (Å²) >= 11 is 1.43. The molecular formula is C22H26F2N2O2S. The summed E-state index contributed by atoms with van der Waals surface area (Å²) in [6, 6.07) is 7.71. The van der Waals surface area contributed by atoms with E-state index >= 15 is 0 Å². The summed E-state index contributed by atoms with van der Waals surface area (Å²) in [5.41, 5.74) is 0.965. The Balaban J connectivity index is 1.42. The number of ether oxygens (including phenoxy) is 2. The van der Waals surface area contributed by atoms with Crippen molar-refractivity contribution < 1.29 is 18.3 Å². The van der Waals surface area contributed by atoms with Crippen LogP contribution in [0.3, 0.4) is 0 Å². The number of thiophene rings is 1. The van der Waals surface area contributed by atoms with E-state index in [2.05, 4.69) is 28.3 Å². The number of nitrogens with one attached hydrogen (secondary N) is 1. The predicted octanol–water partition coefficient (Wildman–Crippen LogP) is 5.06. The largest absolute Gasteiger partial charge is 0.434 e. The normalized spacial score (nSPS) is 23.1. The first kappa shape index (κ1) is 20.4. The number of pyridine rings is 1. The number of rotatable bonds is 8. The van der Waals surface area contributed by atoms with Crippen LogP contribution in [-0.4, -0.2) is 30.3 Å². The van der Waals surface area contributed by atoms with E-state index in [0.29, 0.717) is 6.54 Å². The molecule has 1 aliphatic heterocycles. The highest BCUT2D eigenvalue weighted by Crippen LogP contribution is 2.47. The summed E-state index contributed by atoms with van der Waals surface area (Å²) < 4.78 is 35.9. The lowest BCUT2D eigenvalue weighted by molar-refractivity contribution is -0.100. The first-order valence-electron chi connectivity index (χ1n) is 10.0. The molecule has 1 aliphatic carbocycles. The van der Waals surface area contributed by atoms with Crippen LogP contribution in [0.4, 0.5) is 8.78 Å². The van der Waals surface area contributed by atoms with Gasteiger partial charge in [-0.25, -0.2) is 0 Å². The van der Waals surface area contributed by atoms with Crippen LogP contribution in [0.25, 0.3) is 0 Å². The molecule has 4 nitrogen and oxygen atoms in total. The van der Waals surface area contributed by atoms with Crippen molar-refractivity contribution in [2.75, 3.05) is 13.2 Å². The minimum atomic E-state index is -2.80. The third kappa shape index (κ3) is 4.68. The van der Waals surface area contributed by atoms with Gasteiger partial charge in [-0.05, 0) is 62.2 Å². The van der Waals surface area contributed by atoms with Crippen LogP contribution in [-0.2, 0) is 16.7 Å². The van der Waals surface area contributed by atoms with Crippen molar-refractivity contribution in [3.8, 4) is 5.75 Å². The standard InChI is InChI=1S/C22H26F2N2O2S/c23-20(24)28-17-6-14-29-18(17)15-25-12-9-21(19-5-1-4-11-26-19)10-13-27-22(16-21)7-2-3-8-22/h1-6,11,14,20,25H,7-10,12-13,15-16H2. The van der Waals surface area contributed by atoms with Crippen LogP contribution in [0.15, 0.2) is 48.0 Å². The molecule has 2 aromatic heterocycles. The second kappa shape index (κ2) is 8.90.